The van der Waals surface area contributed by atoms with E-state index in [0.29, 0.717) is 5.02 Å². The van der Waals surface area contributed by atoms with Crippen LogP contribution in [0, 0.1) is 0 Å². The van der Waals surface area contributed by atoms with Crippen molar-refractivity contribution in [3.63, 3.8) is 0 Å². The number of hydrogen-bond donors (Lipinski definition) is 0. The third kappa shape index (κ3) is 3.13. The highest BCUT2D eigenvalue weighted by atomic mass is 35.5. The lowest BCUT2D eigenvalue weighted by atomic mass is 10.2. The van der Waals surface area contributed by atoms with Crippen LogP contribution in [0.15, 0.2) is 66.7 Å². The van der Waals surface area contributed by atoms with Crippen LogP contribution in [-0.4, -0.2) is 19.1 Å². The minimum Gasteiger partial charge on any atom is -1.00 e. The maximum atomic E-state index is 6.26. The molecule has 3 nitrogen and oxygen atoms in total. The van der Waals surface area contributed by atoms with Crippen LogP contribution in [-0.2, 0) is 0 Å². The number of anilines is 1. The Morgan fingerprint density at radius 2 is 1.48 bits per heavy atom. The van der Waals surface area contributed by atoms with Crippen molar-refractivity contribution in [3.8, 4) is 5.69 Å². The minimum atomic E-state index is 0. The lowest BCUT2D eigenvalue weighted by molar-refractivity contribution is -0.538. The van der Waals surface area contributed by atoms with Gasteiger partial charge in [0.25, 0.3) is 0 Å². The fraction of sp³-hybridized carbons (Fsp3) is 0.100. The highest BCUT2D eigenvalue weighted by molar-refractivity contribution is 6.31. The number of benzene rings is 3. The molecular formula is C20H17Cl2N3. The second kappa shape index (κ2) is 6.87. The lowest BCUT2D eigenvalue weighted by Gasteiger charge is -2.12. The molecular weight excluding hydrogens is 353 g/mol. The largest absolute Gasteiger partial charge is 1.00 e. The monoisotopic (exact) mass is 369 g/mol. The van der Waals surface area contributed by atoms with Gasteiger partial charge in [0.2, 0.25) is 16.7 Å². The third-order valence-corrected chi connectivity index (χ3v) is 4.39. The first-order valence-electron chi connectivity index (χ1n) is 7.81. The molecule has 0 aliphatic rings. The van der Waals surface area contributed by atoms with E-state index in [9.17, 15) is 0 Å². The molecule has 4 aromatic rings. The fourth-order valence-corrected chi connectivity index (χ4v) is 3.11. The third-order valence-electron chi connectivity index (χ3n) is 4.15. The molecule has 0 unspecified atom stereocenters. The van der Waals surface area contributed by atoms with Gasteiger partial charge >= 0.3 is 0 Å². The van der Waals surface area contributed by atoms with Crippen LogP contribution >= 0.6 is 11.6 Å². The average molecular weight is 370 g/mol. The number of halogens is 2. The SMILES string of the molecule is CN(C)c1ccc2nc3ccc(Cl)cc3[n+](-c3ccccc3)c2c1.[Cl-]. The van der Waals surface area contributed by atoms with Crippen molar-refractivity contribution < 1.29 is 17.0 Å². The van der Waals surface area contributed by atoms with Crippen molar-refractivity contribution in [1.82, 2.24) is 4.98 Å². The summed E-state index contributed by atoms with van der Waals surface area (Å²) in [5, 5.41) is 0.706. The van der Waals surface area contributed by atoms with Crippen LogP contribution in [0.3, 0.4) is 0 Å². The predicted octanol–water partition coefficient (Wildman–Crippen LogP) is 1.39. The van der Waals surface area contributed by atoms with Gasteiger partial charge in [-0.25, -0.2) is 4.98 Å². The molecule has 0 bridgehead atoms. The summed E-state index contributed by atoms with van der Waals surface area (Å²) < 4.78 is 2.22. The van der Waals surface area contributed by atoms with E-state index in [1.54, 1.807) is 0 Å². The lowest BCUT2D eigenvalue weighted by Crippen LogP contribution is -3.00. The topological polar surface area (TPSA) is 20.0 Å². The standard InChI is InChI=1S/C20H17ClN3.ClH/c1-23(2)16-9-11-18-20(13-16)24(15-6-4-3-5-7-15)19-12-14(21)8-10-17(19)22-18;/h3-13H,1-2H3;1H/q+1;/p-1. The molecule has 0 saturated carbocycles. The van der Waals surface area contributed by atoms with E-state index in [1.165, 1.54) is 0 Å². The Morgan fingerprint density at radius 1 is 0.840 bits per heavy atom. The molecule has 0 radical (unpaired) electrons. The number of fused-ring (bicyclic) bond motifs is 2. The first kappa shape index (κ1) is 17.5. The number of hydrogen-bond acceptors (Lipinski definition) is 2. The van der Waals surface area contributed by atoms with E-state index >= 15 is 0 Å². The molecule has 0 spiro atoms. The molecule has 1 heterocycles. The van der Waals surface area contributed by atoms with Gasteiger partial charge in [-0.2, -0.15) is 0 Å². The van der Waals surface area contributed by atoms with Crippen LogP contribution in [0.25, 0.3) is 27.8 Å². The summed E-state index contributed by atoms with van der Waals surface area (Å²) in [5.41, 5.74) is 6.16. The van der Waals surface area contributed by atoms with Gasteiger partial charge in [-0.05, 0) is 24.3 Å². The van der Waals surface area contributed by atoms with Crippen LogP contribution in [0.5, 0.6) is 0 Å². The Labute approximate surface area is 157 Å². The summed E-state index contributed by atoms with van der Waals surface area (Å²) in [6, 6.07) is 22.4. The Bertz CT molecular complexity index is 1050. The van der Waals surface area contributed by atoms with Crippen molar-refractivity contribution >= 4 is 39.4 Å². The normalized spacial score (nSPS) is 10.7. The van der Waals surface area contributed by atoms with Gasteiger partial charge in [0.05, 0.1) is 0 Å². The summed E-state index contributed by atoms with van der Waals surface area (Å²) in [6.45, 7) is 0. The van der Waals surface area contributed by atoms with Crippen molar-refractivity contribution in [2.75, 3.05) is 19.0 Å². The predicted molar refractivity (Wildman–Crippen MR) is 100 cm³/mol. The summed E-state index contributed by atoms with van der Waals surface area (Å²) >= 11 is 6.26. The second-order valence-electron chi connectivity index (χ2n) is 5.98. The number of nitrogens with zero attached hydrogens (tertiary/aromatic N) is 3. The average Bonchev–Trinajstić information content (AvgIpc) is 2.60. The van der Waals surface area contributed by atoms with Gasteiger partial charge in [0, 0.05) is 49.1 Å². The highest BCUT2D eigenvalue weighted by Gasteiger charge is 2.20. The van der Waals surface area contributed by atoms with E-state index < -0.39 is 0 Å². The Balaban J connectivity index is 0.00000182. The zero-order valence-corrected chi connectivity index (χ0v) is 15.5. The van der Waals surface area contributed by atoms with Crippen LogP contribution in [0.1, 0.15) is 0 Å². The minimum absolute atomic E-state index is 0. The van der Waals surface area contributed by atoms with Gasteiger partial charge in [0.1, 0.15) is 11.0 Å². The van der Waals surface area contributed by atoms with Crippen molar-refractivity contribution in [2.45, 2.75) is 0 Å². The van der Waals surface area contributed by atoms with E-state index in [1.807, 2.05) is 50.5 Å². The highest BCUT2D eigenvalue weighted by Crippen LogP contribution is 2.23. The van der Waals surface area contributed by atoms with Gasteiger partial charge in [-0.1, -0.05) is 29.8 Å². The molecule has 0 amide bonds. The van der Waals surface area contributed by atoms with Crippen molar-refractivity contribution in [3.05, 3.63) is 71.8 Å². The zero-order chi connectivity index (χ0) is 16.7. The smallest absolute Gasteiger partial charge is 0.239 e. The van der Waals surface area contributed by atoms with Gasteiger partial charge in [-0.15, -0.1) is 4.57 Å². The van der Waals surface area contributed by atoms with Gasteiger partial charge < -0.3 is 17.3 Å². The molecule has 3 aromatic carbocycles. The molecule has 0 aliphatic carbocycles. The maximum Gasteiger partial charge on any atom is 0.239 e. The van der Waals surface area contributed by atoms with Crippen LogP contribution in [0.4, 0.5) is 5.69 Å². The van der Waals surface area contributed by atoms with Crippen LogP contribution in [0.2, 0.25) is 5.02 Å². The van der Waals surface area contributed by atoms with E-state index in [2.05, 4.69) is 39.8 Å². The molecule has 0 aliphatic heterocycles. The summed E-state index contributed by atoms with van der Waals surface area (Å²) in [4.78, 5) is 6.90. The molecule has 0 saturated heterocycles. The Hall–Kier alpha value is -2.36. The van der Waals surface area contributed by atoms with E-state index in [0.717, 1.165) is 33.4 Å². The molecule has 1 aromatic heterocycles. The molecule has 25 heavy (non-hydrogen) atoms. The zero-order valence-electron chi connectivity index (χ0n) is 13.9. The van der Waals surface area contributed by atoms with E-state index in [-0.39, 0.29) is 12.4 Å². The van der Waals surface area contributed by atoms with Gasteiger partial charge in [-0.3, -0.25) is 0 Å². The number of rotatable bonds is 2. The van der Waals surface area contributed by atoms with Crippen molar-refractivity contribution in [1.29, 1.82) is 0 Å². The van der Waals surface area contributed by atoms with Crippen molar-refractivity contribution in [2.24, 2.45) is 0 Å². The number of aromatic nitrogens is 2. The summed E-state index contributed by atoms with van der Waals surface area (Å²) in [7, 11) is 4.08. The molecule has 0 N–H and O–H groups in total. The molecule has 126 valence electrons. The quantitative estimate of drug-likeness (QED) is 0.393. The Kier molecular flexibility index (Phi) is 4.80. The molecule has 0 fully saturated rings. The van der Waals surface area contributed by atoms with Gasteiger partial charge in [0.15, 0.2) is 0 Å². The molecule has 4 rings (SSSR count). The molecule has 0 atom stereocenters. The summed E-state index contributed by atoms with van der Waals surface area (Å²) in [6.07, 6.45) is 0. The first-order valence-corrected chi connectivity index (χ1v) is 8.19. The number of para-hydroxylation sites is 1. The first-order chi connectivity index (χ1) is 11.6. The van der Waals surface area contributed by atoms with Crippen LogP contribution < -0.4 is 21.9 Å². The van der Waals surface area contributed by atoms with E-state index in [4.69, 9.17) is 16.6 Å². The second-order valence-corrected chi connectivity index (χ2v) is 6.42. The fourth-order valence-electron chi connectivity index (χ4n) is 2.95. The maximum absolute atomic E-state index is 6.26. The Morgan fingerprint density at radius 3 is 2.16 bits per heavy atom. The molecule has 5 heteroatoms. The summed E-state index contributed by atoms with van der Waals surface area (Å²) in [5.74, 6) is 0.